The SMILES string of the molecule is CCOC(=O)C1CCN(C(=O)C(=O)Nc2ccc(C)cc2C)CC1. The van der Waals surface area contributed by atoms with Crippen molar-refractivity contribution in [1.29, 1.82) is 0 Å². The van der Waals surface area contributed by atoms with Crippen LogP contribution in [0, 0.1) is 19.8 Å². The van der Waals surface area contributed by atoms with Gasteiger partial charge < -0.3 is 15.0 Å². The molecule has 6 nitrogen and oxygen atoms in total. The van der Waals surface area contributed by atoms with E-state index in [-0.39, 0.29) is 11.9 Å². The Morgan fingerprint density at radius 1 is 1.21 bits per heavy atom. The van der Waals surface area contributed by atoms with Gasteiger partial charge in [-0.15, -0.1) is 0 Å². The molecule has 0 unspecified atom stereocenters. The Balaban J connectivity index is 1.90. The number of nitrogens with one attached hydrogen (secondary N) is 1. The Labute approximate surface area is 142 Å². The van der Waals surface area contributed by atoms with Crippen LogP contribution < -0.4 is 5.32 Å². The van der Waals surface area contributed by atoms with Gasteiger partial charge in [0.15, 0.2) is 0 Å². The maximum absolute atomic E-state index is 12.3. The zero-order chi connectivity index (χ0) is 17.7. The fourth-order valence-corrected chi connectivity index (χ4v) is 2.85. The molecule has 1 N–H and O–H groups in total. The molecular formula is C18H24N2O4. The number of piperidine rings is 1. The molecule has 2 rings (SSSR count). The third-order valence-electron chi connectivity index (χ3n) is 4.23. The molecule has 1 aliphatic rings. The Morgan fingerprint density at radius 3 is 2.46 bits per heavy atom. The van der Waals surface area contributed by atoms with Gasteiger partial charge in [0, 0.05) is 18.8 Å². The summed E-state index contributed by atoms with van der Waals surface area (Å²) in [5.41, 5.74) is 2.65. The molecule has 1 aliphatic heterocycles. The second-order valence-corrected chi connectivity index (χ2v) is 6.09. The molecule has 1 saturated heterocycles. The minimum atomic E-state index is -0.642. The molecular weight excluding hydrogens is 308 g/mol. The van der Waals surface area contributed by atoms with E-state index in [4.69, 9.17) is 4.74 Å². The van der Waals surface area contributed by atoms with Gasteiger partial charge in [0.1, 0.15) is 0 Å². The van der Waals surface area contributed by atoms with E-state index in [9.17, 15) is 14.4 Å². The molecule has 2 amide bonds. The lowest BCUT2D eigenvalue weighted by Gasteiger charge is -2.30. The number of aryl methyl sites for hydroxylation is 2. The number of benzene rings is 1. The molecule has 1 heterocycles. The average Bonchev–Trinajstić information content (AvgIpc) is 2.57. The van der Waals surface area contributed by atoms with Gasteiger partial charge in [0.2, 0.25) is 0 Å². The molecule has 1 fully saturated rings. The summed E-state index contributed by atoms with van der Waals surface area (Å²) in [5, 5.41) is 2.67. The summed E-state index contributed by atoms with van der Waals surface area (Å²) in [7, 11) is 0. The monoisotopic (exact) mass is 332 g/mol. The molecule has 0 atom stereocenters. The van der Waals surface area contributed by atoms with Crippen LogP contribution in [-0.2, 0) is 19.1 Å². The van der Waals surface area contributed by atoms with E-state index < -0.39 is 11.8 Å². The molecule has 130 valence electrons. The Bertz CT molecular complexity index is 634. The van der Waals surface area contributed by atoms with E-state index >= 15 is 0 Å². The predicted molar refractivity (Wildman–Crippen MR) is 90.5 cm³/mol. The van der Waals surface area contributed by atoms with Crippen LogP contribution in [0.15, 0.2) is 18.2 Å². The van der Waals surface area contributed by atoms with Crippen molar-refractivity contribution in [3.63, 3.8) is 0 Å². The number of hydrogen-bond donors (Lipinski definition) is 1. The van der Waals surface area contributed by atoms with Crippen molar-refractivity contribution < 1.29 is 19.1 Å². The molecule has 0 radical (unpaired) electrons. The molecule has 1 aromatic carbocycles. The first-order valence-corrected chi connectivity index (χ1v) is 8.26. The number of likely N-dealkylation sites (tertiary alicyclic amines) is 1. The highest BCUT2D eigenvalue weighted by Gasteiger charge is 2.30. The van der Waals surface area contributed by atoms with Crippen molar-refractivity contribution in [2.75, 3.05) is 25.0 Å². The highest BCUT2D eigenvalue weighted by atomic mass is 16.5. The fourth-order valence-electron chi connectivity index (χ4n) is 2.85. The summed E-state index contributed by atoms with van der Waals surface area (Å²) in [6, 6.07) is 5.63. The van der Waals surface area contributed by atoms with Crippen molar-refractivity contribution in [3.05, 3.63) is 29.3 Å². The van der Waals surface area contributed by atoms with Crippen LogP contribution in [0.3, 0.4) is 0 Å². The minimum Gasteiger partial charge on any atom is -0.466 e. The molecule has 24 heavy (non-hydrogen) atoms. The van der Waals surface area contributed by atoms with Gasteiger partial charge in [-0.25, -0.2) is 0 Å². The number of rotatable bonds is 3. The van der Waals surface area contributed by atoms with Gasteiger partial charge in [-0.2, -0.15) is 0 Å². The first-order chi connectivity index (χ1) is 11.4. The van der Waals surface area contributed by atoms with Gasteiger partial charge in [-0.3, -0.25) is 14.4 Å². The average molecular weight is 332 g/mol. The highest BCUT2D eigenvalue weighted by Crippen LogP contribution is 2.20. The fraction of sp³-hybridized carbons (Fsp3) is 0.500. The smallest absolute Gasteiger partial charge is 0.313 e. The third-order valence-corrected chi connectivity index (χ3v) is 4.23. The number of amides is 2. The largest absolute Gasteiger partial charge is 0.466 e. The zero-order valence-electron chi connectivity index (χ0n) is 14.4. The quantitative estimate of drug-likeness (QED) is 0.679. The molecule has 0 saturated carbocycles. The topological polar surface area (TPSA) is 75.7 Å². The molecule has 1 aromatic rings. The van der Waals surface area contributed by atoms with E-state index in [1.807, 2.05) is 26.0 Å². The van der Waals surface area contributed by atoms with Gasteiger partial charge in [-0.05, 0) is 45.2 Å². The number of esters is 1. The second-order valence-electron chi connectivity index (χ2n) is 6.09. The van der Waals surface area contributed by atoms with Crippen molar-refractivity contribution in [1.82, 2.24) is 4.90 Å². The van der Waals surface area contributed by atoms with E-state index in [0.717, 1.165) is 11.1 Å². The maximum atomic E-state index is 12.3. The number of nitrogens with zero attached hydrogens (tertiary/aromatic N) is 1. The van der Waals surface area contributed by atoms with Gasteiger partial charge in [-0.1, -0.05) is 17.7 Å². The molecule has 0 spiro atoms. The Morgan fingerprint density at radius 2 is 1.88 bits per heavy atom. The summed E-state index contributed by atoms with van der Waals surface area (Å²) < 4.78 is 5.00. The lowest BCUT2D eigenvalue weighted by molar-refractivity contribution is -0.152. The van der Waals surface area contributed by atoms with E-state index in [1.54, 1.807) is 13.0 Å². The summed E-state index contributed by atoms with van der Waals surface area (Å²) in [6.07, 6.45) is 1.06. The van der Waals surface area contributed by atoms with Crippen LogP contribution in [0.5, 0.6) is 0 Å². The van der Waals surface area contributed by atoms with Crippen molar-refractivity contribution in [3.8, 4) is 0 Å². The molecule has 6 heteroatoms. The van der Waals surface area contributed by atoms with Crippen molar-refractivity contribution in [2.45, 2.75) is 33.6 Å². The number of carbonyl (C=O) groups is 3. The van der Waals surface area contributed by atoms with Crippen LogP contribution in [0.1, 0.15) is 30.9 Å². The normalized spacial score (nSPS) is 15.0. The molecule has 0 bridgehead atoms. The summed E-state index contributed by atoms with van der Waals surface area (Å²) in [4.78, 5) is 37.7. The van der Waals surface area contributed by atoms with Crippen LogP contribution >= 0.6 is 0 Å². The molecule has 0 aliphatic carbocycles. The third kappa shape index (κ3) is 4.34. The van der Waals surface area contributed by atoms with Crippen LogP contribution in [0.2, 0.25) is 0 Å². The van der Waals surface area contributed by atoms with Crippen LogP contribution in [0.25, 0.3) is 0 Å². The highest BCUT2D eigenvalue weighted by molar-refractivity contribution is 6.39. The first kappa shape index (κ1) is 18.0. The summed E-state index contributed by atoms with van der Waals surface area (Å²) >= 11 is 0. The molecule has 0 aromatic heterocycles. The second kappa shape index (κ2) is 7.95. The standard InChI is InChI=1S/C18H24N2O4/c1-4-24-18(23)14-7-9-20(10-8-14)17(22)16(21)19-15-6-5-12(2)11-13(15)3/h5-6,11,14H,4,7-10H2,1-3H3,(H,19,21). The van der Waals surface area contributed by atoms with Crippen molar-refractivity contribution in [2.24, 2.45) is 5.92 Å². The Kier molecular flexibility index (Phi) is 5.95. The van der Waals surface area contributed by atoms with E-state index in [0.29, 0.717) is 38.2 Å². The van der Waals surface area contributed by atoms with Crippen LogP contribution in [0.4, 0.5) is 5.69 Å². The van der Waals surface area contributed by atoms with E-state index in [1.165, 1.54) is 4.90 Å². The first-order valence-electron chi connectivity index (χ1n) is 8.26. The predicted octanol–water partition coefficient (Wildman–Crippen LogP) is 2.04. The lowest BCUT2D eigenvalue weighted by Crippen LogP contribution is -2.45. The van der Waals surface area contributed by atoms with Gasteiger partial charge in [0.25, 0.3) is 0 Å². The lowest BCUT2D eigenvalue weighted by atomic mass is 9.97. The zero-order valence-corrected chi connectivity index (χ0v) is 14.4. The Hall–Kier alpha value is -2.37. The number of carbonyl (C=O) groups excluding carboxylic acids is 3. The van der Waals surface area contributed by atoms with Gasteiger partial charge in [0.05, 0.1) is 12.5 Å². The van der Waals surface area contributed by atoms with Crippen molar-refractivity contribution >= 4 is 23.5 Å². The van der Waals surface area contributed by atoms with Gasteiger partial charge >= 0.3 is 17.8 Å². The number of anilines is 1. The summed E-state index contributed by atoms with van der Waals surface area (Å²) in [5.74, 6) is -1.60. The minimum absolute atomic E-state index is 0.184. The maximum Gasteiger partial charge on any atom is 0.313 e. The summed E-state index contributed by atoms with van der Waals surface area (Å²) in [6.45, 7) is 6.77. The van der Waals surface area contributed by atoms with E-state index in [2.05, 4.69) is 5.32 Å². The number of hydrogen-bond acceptors (Lipinski definition) is 4. The van der Waals surface area contributed by atoms with Crippen LogP contribution in [-0.4, -0.2) is 42.4 Å². The number of ether oxygens (including phenoxy) is 1.